The number of carbonyl (C=O) groups excluding carboxylic acids is 1. The third-order valence-corrected chi connectivity index (χ3v) is 6.98. The standard InChI is InChI=1S/C23H19ClF3N5O5S/c1-10(9-33)29-22(34)21-13-4-3-12(18(26)20(13)30-31-21)17-14(25)5-6-15(19(17)27)32-38(35,36)16-7-11(24)8-28-23(16)37-2/h3-8,10,32-33H,9H2,1-2H3,(H,29,34)(H,30,31). The van der Waals surface area contributed by atoms with E-state index in [0.29, 0.717) is 0 Å². The molecule has 15 heteroatoms. The van der Waals surface area contributed by atoms with E-state index in [2.05, 4.69) is 20.5 Å². The zero-order chi connectivity index (χ0) is 27.8. The van der Waals surface area contributed by atoms with Crippen LogP contribution < -0.4 is 14.8 Å². The van der Waals surface area contributed by atoms with Crippen LogP contribution in [-0.4, -0.2) is 54.4 Å². The van der Waals surface area contributed by atoms with Crippen molar-refractivity contribution in [2.24, 2.45) is 0 Å². The highest BCUT2D eigenvalue weighted by Gasteiger charge is 2.27. The number of sulfonamides is 1. The van der Waals surface area contributed by atoms with Crippen LogP contribution in [0.5, 0.6) is 5.88 Å². The molecule has 1 amide bonds. The summed E-state index contributed by atoms with van der Waals surface area (Å²) in [6.45, 7) is 1.20. The van der Waals surface area contributed by atoms with Gasteiger partial charge in [0.15, 0.2) is 16.5 Å². The molecule has 0 bridgehead atoms. The highest BCUT2D eigenvalue weighted by molar-refractivity contribution is 7.92. The summed E-state index contributed by atoms with van der Waals surface area (Å²) in [7, 11) is -3.37. The number of aromatic nitrogens is 3. The Balaban J connectivity index is 1.77. The van der Waals surface area contributed by atoms with Crippen LogP contribution in [0.25, 0.3) is 22.0 Å². The molecule has 4 N–H and O–H groups in total. The highest BCUT2D eigenvalue weighted by Crippen LogP contribution is 2.36. The first-order valence-electron chi connectivity index (χ1n) is 10.8. The minimum atomic E-state index is -4.53. The van der Waals surface area contributed by atoms with E-state index >= 15 is 8.78 Å². The fourth-order valence-corrected chi connectivity index (χ4v) is 5.02. The number of amides is 1. The number of hydrogen-bond acceptors (Lipinski definition) is 7. The maximum Gasteiger partial charge on any atom is 0.270 e. The van der Waals surface area contributed by atoms with Gasteiger partial charge in [-0.2, -0.15) is 5.10 Å². The van der Waals surface area contributed by atoms with Crippen LogP contribution in [0, 0.1) is 17.5 Å². The molecule has 1 atom stereocenters. The van der Waals surface area contributed by atoms with Crippen LogP contribution in [0.15, 0.2) is 41.4 Å². The van der Waals surface area contributed by atoms with Gasteiger partial charge in [-0.25, -0.2) is 26.6 Å². The lowest BCUT2D eigenvalue weighted by Crippen LogP contribution is -2.35. The summed E-state index contributed by atoms with van der Waals surface area (Å²) < 4.78 is 78.5. The van der Waals surface area contributed by atoms with E-state index in [4.69, 9.17) is 21.4 Å². The van der Waals surface area contributed by atoms with E-state index in [9.17, 15) is 17.6 Å². The molecule has 0 saturated heterocycles. The molecule has 0 aliphatic heterocycles. The first-order chi connectivity index (χ1) is 18.0. The van der Waals surface area contributed by atoms with Crippen molar-refractivity contribution < 1.29 is 36.2 Å². The predicted octanol–water partition coefficient (Wildman–Crippen LogP) is 3.62. The molecule has 2 aromatic carbocycles. The van der Waals surface area contributed by atoms with E-state index in [1.807, 2.05) is 4.72 Å². The molecule has 0 spiro atoms. The number of aromatic amines is 1. The van der Waals surface area contributed by atoms with Gasteiger partial charge in [-0.15, -0.1) is 0 Å². The molecule has 2 heterocycles. The monoisotopic (exact) mass is 569 g/mol. The number of methoxy groups -OCH3 is 1. The minimum Gasteiger partial charge on any atom is -0.480 e. The van der Waals surface area contributed by atoms with Gasteiger partial charge in [-0.3, -0.25) is 14.6 Å². The van der Waals surface area contributed by atoms with Crippen molar-refractivity contribution in [2.75, 3.05) is 18.4 Å². The number of ether oxygens (including phenoxy) is 1. The molecule has 0 radical (unpaired) electrons. The fraction of sp³-hybridized carbons (Fsp3) is 0.174. The lowest BCUT2D eigenvalue weighted by molar-refractivity contribution is 0.0919. The van der Waals surface area contributed by atoms with E-state index < -0.39 is 61.1 Å². The lowest BCUT2D eigenvalue weighted by Gasteiger charge is -2.14. The van der Waals surface area contributed by atoms with Crippen molar-refractivity contribution >= 4 is 44.1 Å². The van der Waals surface area contributed by atoms with Crippen LogP contribution in [0.1, 0.15) is 17.4 Å². The van der Waals surface area contributed by atoms with Crippen molar-refractivity contribution in [1.29, 1.82) is 0 Å². The Morgan fingerprint density at radius 1 is 1.21 bits per heavy atom. The zero-order valence-electron chi connectivity index (χ0n) is 19.6. The number of fused-ring (bicyclic) bond motifs is 1. The topological polar surface area (TPSA) is 146 Å². The van der Waals surface area contributed by atoms with Crippen LogP contribution >= 0.6 is 11.6 Å². The molecule has 0 saturated carbocycles. The number of aliphatic hydroxyl groups is 1. The molecule has 0 fully saturated rings. The van der Waals surface area contributed by atoms with Crippen LogP contribution in [0.4, 0.5) is 18.9 Å². The lowest BCUT2D eigenvalue weighted by atomic mass is 10.0. The number of rotatable bonds is 8. The Morgan fingerprint density at radius 2 is 1.95 bits per heavy atom. The van der Waals surface area contributed by atoms with Gasteiger partial charge in [-0.1, -0.05) is 17.7 Å². The number of carbonyl (C=O) groups is 1. The Hall–Kier alpha value is -3.88. The second kappa shape index (κ2) is 10.5. The Labute approximate surface area is 218 Å². The quantitative estimate of drug-likeness (QED) is 0.253. The Morgan fingerprint density at radius 3 is 2.63 bits per heavy atom. The number of H-pyrrole nitrogens is 1. The third kappa shape index (κ3) is 4.97. The van der Waals surface area contributed by atoms with Gasteiger partial charge in [0.1, 0.15) is 17.0 Å². The van der Waals surface area contributed by atoms with Gasteiger partial charge in [0.05, 0.1) is 30.0 Å². The summed E-state index contributed by atoms with van der Waals surface area (Å²) in [6.07, 6.45) is 1.15. The number of anilines is 1. The van der Waals surface area contributed by atoms with Crippen LogP contribution in [0.3, 0.4) is 0 Å². The number of nitrogens with zero attached hydrogens (tertiary/aromatic N) is 2. The van der Waals surface area contributed by atoms with Gasteiger partial charge in [0.25, 0.3) is 15.9 Å². The molecule has 200 valence electrons. The first-order valence-corrected chi connectivity index (χ1v) is 12.6. The molecule has 2 aromatic heterocycles. The summed E-state index contributed by atoms with van der Waals surface area (Å²) in [5.41, 5.74) is -2.65. The summed E-state index contributed by atoms with van der Waals surface area (Å²) in [5.74, 6) is -4.76. The molecule has 38 heavy (non-hydrogen) atoms. The predicted molar refractivity (Wildman–Crippen MR) is 132 cm³/mol. The molecule has 0 aliphatic carbocycles. The van der Waals surface area contributed by atoms with Crippen molar-refractivity contribution in [3.8, 4) is 17.0 Å². The Kier molecular flexibility index (Phi) is 7.49. The number of aliphatic hydroxyl groups excluding tert-OH is 1. The zero-order valence-corrected chi connectivity index (χ0v) is 21.2. The summed E-state index contributed by atoms with van der Waals surface area (Å²) in [4.78, 5) is 15.6. The SMILES string of the molecule is COc1ncc(Cl)cc1S(=O)(=O)Nc1ccc(F)c(-c2ccc3c(C(=O)NC(C)CO)[nH]nc3c2F)c1F. The van der Waals surface area contributed by atoms with Gasteiger partial charge >= 0.3 is 0 Å². The molecular weight excluding hydrogens is 551 g/mol. The highest BCUT2D eigenvalue weighted by atomic mass is 35.5. The van der Waals surface area contributed by atoms with Crippen molar-refractivity contribution in [3.05, 3.63) is 64.7 Å². The number of halogens is 4. The normalized spacial score (nSPS) is 12.4. The summed E-state index contributed by atoms with van der Waals surface area (Å²) >= 11 is 5.84. The molecular formula is C23H19ClF3N5O5S. The largest absolute Gasteiger partial charge is 0.480 e. The van der Waals surface area contributed by atoms with E-state index in [1.165, 1.54) is 13.2 Å². The van der Waals surface area contributed by atoms with Crippen molar-refractivity contribution in [2.45, 2.75) is 17.9 Å². The van der Waals surface area contributed by atoms with Crippen LogP contribution in [-0.2, 0) is 10.0 Å². The molecule has 10 nitrogen and oxygen atoms in total. The van der Waals surface area contributed by atoms with E-state index in [0.717, 1.165) is 30.5 Å². The van der Waals surface area contributed by atoms with Crippen molar-refractivity contribution in [3.63, 3.8) is 0 Å². The molecule has 4 aromatic rings. The summed E-state index contributed by atoms with van der Waals surface area (Å²) in [6, 6.07) is 4.27. The molecule has 4 rings (SSSR count). The average molecular weight is 570 g/mol. The second-order valence-corrected chi connectivity index (χ2v) is 10.1. The second-order valence-electron chi connectivity index (χ2n) is 8.03. The summed E-state index contributed by atoms with van der Waals surface area (Å²) in [5, 5.41) is 17.7. The maximum absolute atomic E-state index is 15.5. The number of benzene rings is 2. The van der Waals surface area contributed by atoms with E-state index in [1.54, 1.807) is 6.92 Å². The van der Waals surface area contributed by atoms with Gasteiger partial charge < -0.3 is 15.2 Å². The number of hydrogen-bond donors (Lipinski definition) is 4. The average Bonchev–Trinajstić information content (AvgIpc) is 3.32. The molecule has 1 unspecified atom stereocenters. The van der Waals surface area contributed by atoms with Gasteiger partial charge in [0.2, 0.25) is 5.88 Å². The Bertz CT molecular complexity index is 1670. The number of pyridine rings is 1. The first kappa shape index (κ1) is 27.2. The third-order valence-electron chi connectivity index (χ3n) is 5.42. The van der Waals surface area contributed by atoms with Crippen molar-refractivity contribution in [1.82, 2.24) is 20.5 Å². The van der Waals surface area contributed by atoms with Gasteiger partial charge in [0, 0.05) is 23.2 Å². The number of nitrogens with one attached hydrogen (secondary N) is 3. The van der Waals surface area contributed by atoms with Crippen LogP contribution in [0.2, 0.25) is 5.02 Å². The minimum absolute atomic E-state index is 0.0205. The van der Waals surface area contributed by atoms with Gasteiger partial charge in [-0.05, 0) is 31.2 Å². The fourth-order valence-electron chi connectivity index (χ4n) is 3.59. The maximum atomic E-state index is 15.5. The smallest absolute Gasteiger partial charge is 0.270 e. The molecule has 0 aliphatic rings. The van der Waals surface area contributed by atoms with E-state index in [-0.39, 0.29) is 34.1 Å².